The minimum Gasteiger partial charge on any atom is -0.336 e. The summed E-state index contributed by atoms with van der Waals surface area (Å²) < 4.78 is 0. The highest BCUT2D eigenvalue weighted by Gasteiger charge is 2.20. The first-order valence-corrected chi connectivity index (χ1v) is 10.0. The molecule has 0 radical (unpaired) electrons. The van der Waals surface area contributed by atoms with E-state index in [4.69, 9.17) is 0 Å². The molecule has 4 heterocycles. The molecule has 3 aromatic heterocycles. The molecule has 158 valence electrons. The van der Waals surface area contributed by atoms with Crippen molar-refractivity contribution in [3.8, 4) is 22.5 Å². The number of nitrogens with zero attached hydrogens (tertiary/aromatic N) is 5. The predicted octanol–water partition coefficient (Wildman–Crippen LogP) is 3.50. The summed E-state index contributed by atoms with van der Waals surface area (Å²) >= 11 is 0. The van der Waals surface area contributed by atoms with Crippen molar-refractivity contribution in [1.82, 2.24) is 29.7 Å². The number of hydrogen-bond acceptors (Lipinski definition) is 5. The van der Waals surface area contributed by atoms with Crippen LogP contribution in [0.15, 0.2) is 61.1 Å². The molecule has 0 bridgehead atoms. The van der Waals surface area contributed by atoms with Crippen LogP contribution in [0.1, 0.15) is 10.4 Å². The maximum Gasteiger partial charge on any atom is 0.253 e. The number of pyridine rings is 2. The summed E-state index contributed by atoms with van der Waals surface area (Å²) in [6.45, 7) is 3.36. The Bertz CT molecular complexity index is 1180. The van der Waals surface area contributed by atoms with Crippen molar-refractivity contribution < 1.29 is 4.79 Å². The van der Waals surface area contributed by atoms with Crippen LogP contribution in [0, 0.1) is 0 Å². The molecule has 1 amide bonds. The molecule has 0 saturated carbocycles. The van der Waals surface area contributed by atoms with E-state index in [2.05, 4.69) is 31.9 Å². The number of fused-ring (bicyclic) bond motifs is 1. The van der Waals surface area contributed by atoms with Gasteiger partial charge in [-0.1, -0.05) is 18.2 Å². The second kappa shape index (κ2) is 8.83. The average Bonchev–Trinajstić information content (AvgIpc) is 3.24. The summed E-state index contributed by atoms with van der Waals surface area (Å²) in [7, 11) is 2.08. The summed E-state index contributed by atoms with van der Waals surface area (Å²) in [5.74, 6) is 0.812. The van der Waals surface area contributed by atoms with E-state index >= 15 is 0 Å². The van der Waals surface area contributed by atoms with Gasteiger partial charge in [-0.25, -0.2) is 9.97 Å². The number of carbonyl (C=O) groups excluding carboxylic acids is 1. The van der Waals surface area contributed by atoms with Crippen LogP contribution in [0.3, 0.4) is 0 Å². The normalized spacial score (nSPS) is 14.4. The molecule has 0 spiro atoms. The second-order valence-corrected chi connectivity index (χ2v) is 7.56. The highest BCUT2D eigenvalue weighted by atomic mass is 35.5. The largest absolute Gasteiger partial charge is 0.336 e. The molecule has 1 N–H and O–H groups in total. The van der Waals surface area contributed by atoms with Crippen LogP contribution in [0.2, 0.25) is 0 Å². The van der Waals surface area contributed by atoms with Crippen molar-refractivity contribution >= 4 is 29.5 Å². The van der Waals surface area contributed by atoms with Crippen LogP contribution in [-0.4, -0.2) is 68.9 Å². The standard InChI is InChI=1S/C23H22N6O.ClH/c1-28-11-13-29(14-12-28)23(30)17-6-4-16(5-7-17)21-26-20-19(8-10-25-22(20)27-21)18-3-2-9-24-15-18;/h2-10,15H,11-14H2,1H3,(H,25,26,27);1H. The summed E-state index contributed by atoms with van der Waals surface area (Å²) in [5.41, 5.74) is 5.16. The van der Waals surface area contributed by atoms with Gasteiger partial charge in [0.2, 0.25) is 0 Å². The van der Waals surface area contributed by atoms with Gasteiger partial charge in [-0.3, -0.25) is 9.78 Å². The van der Waals surface area contributed by atoms with Crippen LogP contribution in [0.25, 0.3) is 33.7 Å². The van der Waals surface area contributed by atoms with Crippen LogP contribution >= 0.6 is 12.4 Å². The van der Waals surface area contributed by atoms with E-state index in [1.165, 1.54) is 0 Å². The predicted molar refractivity (Wildman–Crippen MR) is 123 cm³/mol. The van der Waals surface area contributed by atoms with Crippen LogP contribution in [0.4, 0.5) is 0 Å². The van der Waals surface area contributed by atoms with Crippen molar-refractivity contribution in [2.75, 3.05) is 33.2 Å². The highest BCUT2D eigenvalue weighted by Crippen LogP contribution is 2.28. The first kappa shape index (κ1) is 21.0. The lowest BCUT2D eigenvalue weighted by Gasteiger charge is -2.32. The molecule has 1 aromatic carbocycles. The van der Waals surface area contributed by atoms with Gasteiger partial charge in [0.15, 0.2) is 5.65 Å². The Balaban J connectivity index is 0.00000231. The molecular formula is C23H23ClN6O. The van der Waals surface area contributed by atoms with E-state index in [9.17, 15) is 4.79 Å². The van der Waals surface area contributed by atoms with Crippen LogP contribution < -0.4 is 0 Å². The van der Waals surface area contributed by atoms with Gasteiger partial charge in [0.25, 0.3) is 5.91 Å². The number of rotatable bonds is 3. The molecule has 5 rings (SSSR count). The molecule has 0 aliphatic carbocycles. The average molecular weight is 435 g/mol. The number of carbonyl (C=O) groups is 1. The number of H-pyrrole nitrogens is 1. The van der Waals surface area contributed by atoms with Crippen molar-refractivity contribution in [1.29, 1.82) is 0 Å². The van der Waals surface area contributed by atoms with Gasteiger partial charge in [0, 0.05) is 67.0 Å². The molecule has 8 heteroatoms. The van der Waals surface area contributed by atoms with Crippen LogP contribution in [-0.2, 0) is 0 Å². The third kappa shape index (κ3) is 4.15. The number of nitrogens with one attached hydrogen (secondary N) is 1. The van der Waals surface area contributed by atoms with Crippen molar-refractivity contribution in [3.05, 3.63) is 66.6 Å². The number of piperazine rings is 1. The van der Waals surface area contributed by atoms with Gasteiger partial charge in [0.1, 0.15) is 5.82 Å². The zero-order valence-electron chi connectivity index (χ0n) is 17.2. The Morgan fingerprint density at radius 1 is 0.968 bits per heavy atom. The lowest BCUT2D eigenvalue weighted by atomic mass is 10.1. The number of hydrogen-bond donors (Lipinski definition) is 1. The molecule has 31 heavy (non-hydrogen) atoms. The number of amides is 1. The maximum atomic E-state index is 12.8. The molecule has 1 aliphatic heterocycles. The van der Waals surface area contributed by atoms with E-state index in [-0.39, 0.29) is 18.3 Å². The fraction of sp³-hybridized carbons (Fsp3) is 0.217. The van der Waals surface area contributed by atoms with E-state index < -0.39 is 0 Å². The Labute approximate surface area is 186 Å². The second-order valence-electron chi connectivity index (χ2n) is 7.56. The lowest BCUT2D eigenvalue weighted by Crippen LogP contribution is -2.47. The fourth-order valence-electron chi connectivity index (χ4n) is 3.77. The molecule has 1 fully saturated rings. The first-order chi connectivity index (χ1) is 14.7. The monoisotopic (exact) mass is 434 g/mol. The van der Waals surface area contributed by atoms with Crippen molar-refractivity contribution in [2.45, 2.75) is 0 Å². The number of benzene rings is 1. The number of halogens is 1. The maximum absolute atomic E-state index is 12.8. The molecular weight excluding hydrogens is 412 g/mol. The molecule has 7 nitrogen and oxygen atoms in total. The van der Waals surface area contributed by atoms with E-state index in [0.717, 1.165) is 54.2 Å². The highest BCUT2D eigenvalue weighted by molar-refractivity contribution is 5.95. The topological polar surface area (TPSA) is 78.0 Å². The zero-order chi connectivity index (χ0) is 20.5. The molecule has 1 saturated heterocycles. The zero-order valence-corrected chi connectivity index (χ0v) is 18.0. The third-order valence-electron chi connectivity index (χ3n) is 5.56. The van der Waals surface area contributed by atoms with Gasteiger partial charge < -0.3 is 14.8 Å². The summed E-state index contributed by atoms with van der Waals surface area (Å²) in [6, 6.07) is 13.5. The van der Waals surface area contributed by atoms with E-state index in [1.807, 2.05) is 53.6 Å². The van der Waals surface area contributed by atoms with Gasteiger partial charge in [-0.2, -0.15) is 0 Å². The number of likely N-dealkylation sites (N-methyl/N-ethyl adjacent to an activating group) is 1. The molecule has 1 aliphatic rings. The van der Waals surface area contributed by atoms with Gasteiger partial charge in [-0.15, -0.1) is 12.4 Å². The Hall–Kier alpha value is -3.29. The quantitative estimate of drug-likeness (QED) is 0.534. The SMILES string of the molecule is CN1CCN(C(=O)c2ccc(-c3nc4nccc(-c5cccnc5)c4[nH]3)cc2)CC1.Cl. The first-order valence-electron chi connectivity index (χ1n) is 10.0. The Morgan fingerprint density at radius 3 is 2.45 bits per heavy atom. The minimum absolute atomic E-state index is 0. The Kier molecular flexibility index (Phi) is 5.97. The summed E-state index contributed by atoms with van der Waals surface area (Å²) in [5, 5.41) is 0. The lowest BCUT2D eigenvalue weighted by molar-refractivity contribution is 0.0664. The van der Waals surface area contributed by atoms with Crippen molar-refractivity contribution in [2.24, 2.45) is 0 Å². The summed E-state index contributed by atoms with van der Waals surface area (Å²) in [4.78, 5) is 33.6. The number of aromatic amines is 1. The third-order valence-corrected chi connectivity index (χ3v) is 5.56. The van der Waals surface area contributed by atoms with Crippen LogP contribution in [0.5, 0.6) is 0 Å². The molecule has 0 unspecified atom stereocenters. The fourth-order valence-corrected chi connectivity index (χ4v) is 3.77. The van der Waals surface area contributed by atoms with E-state index in [0.29, 0.717) is 11.2 Å². The number of imidazole rings is 1. The summed E-state index contributed by atoms with van der Waals surface area (Å²) in [6.07, 6.45) is 5.34. The smallest absolute Gasteiger partial charge is 0.253 e. The molecule has 4 aromatic rings. The molecule has 0 atom stereocenters. The van der Waals surface area contributed by atoms with E-state index in [1.54, 1.807) is 12.4 Å². The van der Waals surface area contributed by atoms with Gasteiger partial charge in [0.05, 0.1) is 5.52 Å². The van der Waals surface area contributed by atoms with Gasteiger partial charge in [-0.05, 0) is 31.3 Å². The Morgan fingerprint density at radius 2 is 1.74 bits per heavy atom. The number of aromatic nitrogens is 4. The van der Waals surface area contributed by atoms with Crippen molar-refractivity contribution in [3.63, 3.8) is 0 Å². The van der Waals surface area contributed by atoms with Gasteiger partial charge >= 0.3 is 0 Å². The minimum atomic E-state index is 0.